The fourth-order valence-electron chi connectivity index (χ4n) is 9.93. The Kier molecular flexibility index (Phi) is 12.9. The van der Waals surface area contributed by atoms with Crippen LogP contribution in [0.5, 0.6) is 5.75 Å². The highest BCUT2D eigenvalue weighted by atomic mass is 32.1. The minimum atomic E-state index is -0.878. The number of benzene rings is 2. The number of thiazole rings is 1. The van der Waals surface area contributed by atoms with Gasteiger partial charge in [0.1, 0.15) is 17.8 Å². The van der Waals surface area contributed by atoms with Crippen LogP contribution in [0.3, 0.4) is 0 Å². The molecule has 6 heterocycles. The summed E-state index contributed by atoms with van der Waals surface area (Å²) in [5, 5.41) is 36.9. The van der Waals surface area contributed by atoms with Gasteiger partial charge in [-0.2, -0.15) is 0 Å². The van der Waals surface area contributed by atoms with Gasteiger partial charge >= 0.3 is 0 Å². The van der Waals surface area contributed by atoms with Crippen LogP contribution in [-0.4, -0.2) is 101 Å². The quantitative estimate of drug-likeness (QED) is 0.0895. The lowest BCUT2D eigenvalue weighted by Crippen LogP contribution is -2.58. The number of amides is 3. The summed E-state index contributed by atoms with van der Waals surface area (Å²) in [7, 11) is 0. The number of fused-ring (bicyclic) bond motifs is 1. The minimum Gasteiger partial charge on any atom is -0.507 e. The smallest absolute Gasteiger partial charge is 0.246 e. The van der Waals surface area contributed by atoms with Crippen LogP contribution in [-0.2, 0) is 20.9 Å². The average molecular weight is 911 g/mol. The summed E-state index contributed by atoms with van der Waals surface area (Å²) in [5.74, 6) is 0.341. The Hall–Kier alpha value is -6.26. The van der Waals surface area contributed by atoms with Gasteiger partial charge in [0, 0.05) is 68.1 Å². The van der Waals surface area contributed by atoms with E-state index in [0.717, 1.165) is 77.1 Å². The number of anilines is 1. The molecule has 3 atom stereocenters. The lowest BCUT2D eigenvalue weighted by molar-refractivity contribution is -0.144. The van der Waals surface area contributed by atoms with Gasteiger partial charge in [-0.1, -0.05) is 57.2 Å². The fraction of sp³-hybridized carbons (Fsp3) is 0.440. The number of aromatic nitrogens is 6. The van der Waals surface area contributed by atoms with Gasteiger partial charge in [0.15, 0.2) is 5.65 Å². The van der Waals surface area contributed by atoms with E-state index in [0.29, 0.717) is 36.0 Å². The van der Waals surface area contributed by atoms with Crippen molar-refractivity contribution in [1.29, 1.82) is 0 Å². The summed E-state index contributed by atoms with van der Waals surface area (Å²) in [4.78, 5) is 63.8. The number of carbonyl (C=O) groups excluding carboxylic acids is 3. The van der Waals surface area contributed by atoms with Crippen molar-refractivity contribution in [3.8, 4) is 27.4 Å². The topological polar surface area (TPSA) is 202 Å². The number of likely N-dealkylation sites (tertiary alicyclic amines) is 1. The van der Waals surface area contributed by atoms with Crippen LogP contribution in [0.15, 0.2) is 78.7 Å². The second-order valence-electron chi connectivity index (χ2n) is 19.3. The normalized spacial score (nSPS) is 20.9. The predicted molar refractivity (Wildman–Crippen MR) is 254 cm³/mol. The first-order valence-electron chi connectivity index (χ1n) is 23.1. The Bertz CT molecular complexity index is 2680. The number of rotatable bonds is 11. The van der Waals surface area contributed by atoms with E-state index in [1.54, 1.807) is 23.5 Å². The highest BCUT2D eigenvalue weighted by Gasteiger charge is 2.45. The predicted octanol–water partition coefficient (Wildman–Crippen LogP) is 7.02. The molecule has 16 heteroatoms. The maximum Gasteiger partial charge on any atom is 0.246 e. The number of aromatic hydroxyl groups is 1. The summed E-state index contributed by atoms with van der Waals surface area (Å²) in [6.45, 7) is 9.64. The van der Waals surface area contributed by atoms with Gasteiger partial charge in [-0.3, -0.25) is 14.4 Å². The van der Waals surface area contributed by atoms with Gasteiger partial charge in [-0.15, -0.1) is 21.5 Å². The molecule has 2 aliphatic heterocycles. The maximum absolute atomic E-state index is 14.3. The number of aliphatic hydroxyl groups is 1. The number of phenolic OH excluding ortho intramolecular Hbond substituents is 1. The lowest BCUT2D eigenvalue weighted by Gasteiger charge is -2.37. The van der Waals surface area contributed by atoms with E-state index in [1.165, 1.54) is 10.5 Å². The summed E-state index contributed by atoms with van der Waals surface area (Å²) >= 11 is 1.59. The van der Waals surface area contributed by atoms with Gasteiger partial charge in [0.25, 0.3) is 0 Å². The number of hydrogen-bond donors (Lipinski definition) is 5. The molecule has 3 aliphatic rings. The molecule has 0 bridgehead atoms. The molecule has 2 saturated heterocycles. The first-order valence-corrected chi connectivity index (χ1v) is 23.9. The van der Waals surface area contributed by atoms with Crippen molar-refractivity contribution in [2.24, 2.45) is 11.3 Å². The zero-order valence-electron chi connectivity index (χ0n) is 37.9. The first-order chi connectivity index (χ1) is 31.8. The SMILES string of the molecule is Cc1ncsc1-c1ccc(CNC(=O)[C@@H]2C[C@@H](O)CN2C(=O)[C@@H](NC(=O)C2CCC(c3cnc(N4CCC(c5c[nH]c6nnc(-c7ccccc7O)cc56)CC4)nc3)CC2)C(C)(C)C)cc1. The van der Waals surface area contributed by atoms with Crippen molar-refractivity contribution in [3.63, 3.8) is 0 Å². The summed E-state index contributed by atoms with van der Waals surface area (Å²) < 4.78 is 0. The van der Waals surface area contributed by atoms with Crippen molar-refractivity contribution in [1.82, 2.24) is 45.7 Å². The molecule has 0 radical (unpaired) electrons. The molecule has 6 aromatic rings. The molecule has 15 nitrogen and oxygen atoms in total. The number of aryl methyl sites for hydroxylation is 1. The molecule has 0 spiro atoms. The summed E-state index contributed by atoms with van der Waals surface area (Å²) in [6, 6.07) is 15.4. The first kappa shape index (κ1) is 44.9. The summed E-state index contributed by atoms with van der Waals surface area (Å²) in [6.07, 6.45) is 9.99. The Labute approximate surface area is 388 Å². The highest BCUT2D eigenvalue weighted by molar-refractivity contribution is 7.13. The number of β-amino-alcohol motifs (C(OH)–C–C–N with tert-alkyl or cyclic N) is 1. The molecular weight excluding hydrogens is 853 g/mol. The van der Waals surface area contributed by atoms with Crippen LogP contribution >= 0.6 is 11.3 Å². The number of hydrogen-bond acceptors (Lipinski definition) is 12. The lowest BCUT2D eigenvalue weighted by atomic mass is 9.78. The van der Waals surface area contributed by atoms with E-state index in [-0.39, 0.29) is 54.8 Å². The Morgan fingerprint density at radius 2 is 1.64 bits per heavy atom. The number of aliphatic hydroxyl groups excluding tert-OH is 1. The largest absolute Gasteiger partial charge is 0.507 e. The molecule has 3 fully saturated rings. The number of H-pyrrole nitrogens is 1. The van der Waals surface area contributed by atoms with Crippen LogP contribution in [0.25, 0.3) is 32.7 Å². The number of piperidine rings is 1. The van der Waals surface area contributed by atoms with Crippen molar-refractivity contribution in [2.75, 3.05) is 24.5 Å². The molecule has 4 aromatic heterocycles. The van der Waals surface area contributed by atoms with Crippen LogP contribution < -0.4 is 15.5 Å². The molecule has 0 unspecified atom stereocenters. The highest BCUT2D eigenvalue weighted by Crippen LogP contribution is 2.39. The Balaban J connectivity index is 0.762. The van der Waals surface area contributed by atoms with Crippen LogP contribution in [0.2, 0.25) is 0 Å². The third kappa shape index (κ3) is 9.52. The van der Waals surface area contributed by atoms with Crippen LogP contribution in [0, 0.1) is 18.3 Å². The number of carbonyl (C=O) groups is 3. The second kappa shape index (κ2) is 18.9. The molecule has 1 aliphatic carbocycles. The number of aromatic amines is 1. The summed E-state index contributed by atoms with van der Waals surface area (Å²) in [5.41, 5.74) is 8.43. The van der Waals surface area contributed by atoms with Crippen LogP contribution in [0.4, 0.5) is 5.95 Å². The monoisotopic (exact) mass is 910 g/mol. The zero-order chi connectivity index (χ0) is 46.1. The minimum absolute atomic E-state index is 0.0249. The third-order valence-corrected chi connectivity index (χ3v) is 14.8. The van der Waals surface area contributed by atoms with Crippen molar-refractivity contribution in [3.05, 3.63) is 101 Å². The molecule has 5 N–H and O–H groups in total. The van der Waals surface area contributed by atoms with E-state index < -0.39 is 23.6 Å². The van der Waals surface area contributed by atoms with E-state index in [2.05, 4.69) is 35.7 Å². The molecule has 2 aromatic carbocycles. The number of nitrogens with one attached hydrogen (secondary N) is 3. The van der Waals surface area contributed by atoms with Crippen LogP contribution in [0.1, 0.15) is 99.9 Å². The molecule has 3 amide bonds. The zero-order valence-corrected chi connectivity index (χ0v) is 38.7. The second-order valence-corrected chi connectivity index (χ2v) is 20.1. The van der Waals surface area contributed by atoms with E-state index in [9.17, 15) is 24.6 Å². The molecule has 344 valence electrons. The fourth-order valence-corrected chi connectivity index (χ4v) is 10.7. The third-order valence-electron chi connectivity index (χ3n) is 13.8. The van der Waals surface area contributed by atoms with E-state index in [4.69, 9.17) is 9.97 Å². The molecular formula is C50H58N10O5S. The number of phenols is 1. The number of para-hydroxylation sites is 1. The van der Waals surface area contributed by atoms with Crippen molar-refractivity contribution in [2.45, 2.75) is 109 Å². The molecule has 1 saturated carbocycles. The van der Waals surface area contributed by atoms with Crippen molar-refractivity contribution >= 4 is 46.0 Å². The standard InChI is InChI=1S/C50H58N10O5S/c1-29-43(66-28-55-29)33-11-9-30(10-12-33)23-52-47(64)41-21-36(61)27-60(41)48(65)44(50(2,3)4)56-46(63)34-15-13-31(14-16-34)35-24-53-49(54-25-35)59-19-17-32(18-20-59)39-26-51-45-38(39)22-40(57-58-45)37-7-5-6-8-42(37)62/h5-12,22,24-26,28,31-32,34,36,41,44,61-62H,13-21,23,27H2,1-4H3,(H,51,58)(H,52,64)(H,56,63)/t31?,34?,36-,41+,44-/m1/s1. The maximum atomic E-state index is 14.3. The van der Waals surface area contributed by atoms with E-state index >= 15 is 0 Å². The van der Waals surface area contributed by atoms with Gasteiger partial charge in [0.2, 0.25) is 23.7 Å². The van der Waals surface area contributed by atoms with Gasteiger partial charge in [-0.25, -0.2) is 15.0 Å². The Morgan fingerprint density at radius 3 is 2.32 bits per heavy atom. The van der Waals surface area contributed by atoms with Gasteiger partial charge < -0.3 is 35.6 Å². The number of nitrogens with zero attached hydrogens (tertiary/aromatic N) is 7. The van der Waals surface area contributed by atoms with Gasteiger partial charge in [-0.05, 0) is 103 Å². The molecule has 9 rings (SSSR count). The Morgan fingerprint density at radius 1 is 0.909 bits per heavy atom. The van der Waals surface area contributed by atoms with Crippen molar-refractivity contribution < 1.29 is 24.6 Å². The van der Waals surface area contributed by atoms with E-state index in [1.807, 2.05) is 94.3 Å². The van der Waals surface area contributed by atoms with Gasteiger partial charge in [0.05, 0.1) is 27.9 Å². The average Bonchev–Trinajstić information content (AvgIpc) is 4.07. The molecule has 66 heavy (non-hydrogen) atoms.